The Hall–Kier alpha value is -2.68. The Morgan fingerprint density at radius 1 is 1.00 bits per heavy atom. The molecule has 1 aromatic heterocycles. The number of carbonyl (C=O) groups is 1. The quantitative estimate of drug-likeness (QED) is 0.447. The van der Waals surface area contributed by atoms with Gasteiger partial charge in [-0.2, -0.15) is 4.31 Å². The average molecular weight is 496 g/mol. The number of piperidine rings is 1. The number of nitrogens with one attached hydrogen (secondary N) is 1. The van der Waals surface area contributed by atoms with E-state index in [-0.39, 0.29) is 10.8 Å². The molecule has 1 aliphatic rings. The molecule has 8 heteroatoms. The number of aromatic nitrogens is 1. The molecule has 4 rings (SSSR count). The molecular formula is C26H29N3O3S2. The molecule has 0 bridgehead atoms. The normalized spacial score (nSPS) is 15.6. The lowest BCUT2D eigenvalue weighted by molar-refractivity contribution is -0.115. The zero-order valence-corrected chi connectivity index (χ0v) is 21.0. The SMILES string of the molecule is Cc1ccc(C)c(NC(=O)C(Sc2ccc(S(=O)(=O)N3CCCCC3)cn2)c2ccccc2)c1. The Morgan fingerprint density at radius 2 is 1.74 bits per heavy atom. The molecule has 0 aliphatic carbocycles. The van der Waals surface area contributed by atoms with Crippen LogP contribution in [0.5, 0.6) is 0 Å². The van der Waals surface area contributed by atoms with Crippen LogP contribution in [-0.2, 0) is 14.8 Å². The van der Waals surface area contributed by atoms with Crippen LogP contribution in [0, 0.1) is 13.8 Å². The highest BCUT2D eigenvalue weighted by atomic mass is 32.2. The predicted octanol–water partition coefficient (Wildman–Crippen LogP) is 5.35. The second-order valence-corrected chi connectivity index (χ2v) is 11.6. The molecule has 34 heavy (non-hydrogen) atoms. The van der Waals surface area contributed by atoms with Crippen LogP contribution in [0.4, 0.5) is 5.69 Å². The smallest absolute Gasteiger partial charge is 0.244 e. The number of amides is 1. The molecule has 6 nitrogen and oxygen atoms in total. The first-order valence-corrected chi connectivity index (χ1v) is 13.7. The van der Waals surface area contributed by atoms with Crippen molar-refractivity contribution in [1.82, 2.24) is 9.29 Å². The van der Waals surface area contributed by atoms with Crippen LogP contribution in [0.25, 0.3) is 0 Å². The molecule has 1 amide bonds. The molecule has 2 heterocycles. The summed E-state index contributed by atoms with van der Waals surface area (Å²) in [5, 5.41) is 3.10. The summed E-state index contributed by atoms with van der Waals surface area (Å²) in [6.07, 6.45) is 4.23. The standard InChI is InChI=1S/C26H29N3O3S2/c1-19-11-12-20(2)23(17-19)28-26(30)25(21-9-5-3-6-10-21)33-24-14-13-22(18-27-24)34(31,32)29-15-7-4-8-16-29/h3,5-6,9-14,17-18,25H,4,7-8,15-16H2,1-2H3,(H,28,30). The summed E-state index contributed by atoms with van der Waals surface area (Å²) in [6, 6.07) is 18.8. The van der Waals surface area contributed by atoms with Gasteiger partial charge in [0.15, 0.2) is 0 Å². The van der Waals surface area contributed by atoms with Crippen molar-refractivity contribution in [3.05, 3.63) is 83.6 Å². The molecule has 2 aromatic carbocycles. The Labute approximate surface area is 205 Å². The van der Waals surface area contributed by atoms with E-state index in [0.29, 0.717) is 18.1 Å². The maximum absolute atomic E-state index is 13.4. The molecular weight excluding hydrogens is 466 g/mol. The molecule has 0 spiro atoms. The molecule has 1 atom stereocenters. The summed E-state index contributed by atoms with van der Waals surface area (Å²) in [4.78, 5) is 17.9. The summed E-state index contributed by atoms with van der Waals surface area (Å²) >= 11 is 1.30. The number of rotatable bonds is 7. The number of anilines is 1. The van der Waals surface area contributed by atoms with Gasteiger partial charge in [-0.1, -0.05) is 60.6 Å². The predicted molar refractivity (Wildman–Crippen MR) is 136 cm³/mol. The highest BCUT2D eigenvalue weighted by Gasteiger charge is 2.27. The van der Waals surface area contributed by atoms with Gasteiger partial charge in [-0.15, -0.1) is 0 Å². The lowest BCUT2D eigenvalue weighted by atomic mass is 10.1. The summed E-state index contributed by atoms with van der Waals surface area (Å²) in [5.41, 5.74) is 3.68. The number of sulfonamides is 1. The lowest BCUT2D eigenvalue weighted by Crippen LogP contribution is -2.35. The number of hydrogen-bond acceptors (Lipinski definition) is 5. The number of benzene rings is 2. The van der Waals surface area contributed by atoms with Gasteiger partial charge < -0.3 is 5.32 Å². The topological polar surface area (TPSA) is 79.4 Å². The van der Waals surface area contributed by atoms with Gasteiger partial charge in [0.05, 0.1) is 5.03 Å². The maximum atomic E-state index is 13.4. The molecule has 1 N–H and O–H groups in total. The fourth-order valence-electron chi connectivity index (χ4n) is 3.93. The second kappa shape index (κ2) is 10.7. The zero-order valence-electron chi connectivity index (χ0n) is 19.4. The molecule has 1 aliphatic heterocycles. The van der Waals surface area contributed by atoms with Crippen LogP contribution in [0.2, 0.25) is 0 Å². The van der Waals surface area contributed by atoms with E-state index < -0.39 is 15.3 Å². The third-order valence-electron chi connectivity index (χ3n) is 5.89. The maximum Gasteiger partial charge on any atom is 0.244 e. The van der Waals surface area contributed by atoms with Gasteiger partial charge in [0.25, 0.3) is 0 Å². The van der Waals surface area contributed by atoms with Gasteiger partial charge in [0, 0.05) is 25.0 Å². The highest BCUT2D eigenvalue weighted by Crippen LogP contribution is 2.36. The summed E-state index contributed by atoms with van der Waals surface area (Å²) in [7, 11) is -3.54. The minimum absolute atomic E-state index is 0.156. The number of hydrogen-bond donors (Lipinski definition) is 1. The Kier molecular flexibility index (Phi) is 7.70. The van der Waals surface area contributed by atoms with E-state index in [2.05, 4.69) is 10.3 Å². The first kappa shape index (κ1) is 24.4. The summed E-state index contributed by atoms with van der Waals surface area (Å²) < 4.78 is 27.4. The van der Waals surface area contributed by atoms with Crippen LogP contribution >= 0.6 is 11.8 Å². The van der Waals surface area contributed by atoms with Crippen molar-refractivity contribution < 1.29 is 13.2 Å². The number of pyridine rings is 1. The third kappa shape index (κ3) is 5.68. The second-order valence-electron chi connectivity index (χ2n) is 8.51. The van der Waals surface area contributed by atoms with Crippen molar-refractivity contribution in [2.75, 3.05) is 18.4 Å². The van der Waals surface area contributed by atoms with E-state index >= 15 is 0 Å². The van der Waals surface area contributed by atoms with Crippen molar-refractivity contribution >= 4 is 33.4 Å². The minimum atomic E-state index is -3.54. The van der Waals surface area contributed by atoms with Crippen molar-refractivity contribution in [3.63, 3.8) is 0 Å². The van der Waals surface area contributed by atoms with Crippen LogP contribution in [0.15, 0.2) is 76.8 Å². The van der Waals surface area contributed by atoms with Crippen LogP contribution < -0.4 is 5.32 Å². The first-order valence-electron chi connectivity index (χ1n) is 11.4. The van der Waals surface area contributed by atoms with E-state index in [9.17, 15) is 13.2 Å². The van der Waals surface area contributed by atoms with Gasteiger partial charge in [-0.05, 0) is 61.6 Å². The fraction of sp³-hybridized carbons (Fsp3) is 0.308. The number of aryl methyl sites for hydroxylation is 2. The van der Waals surface area contributed by atoms with Crippen LogP contribution in [0.1, 0.15) is 41.2 Å². The molecule has 0 saturated carbocycles. The summed E-state index contributed by atoms with van der Waals surface area (Å²) in [5.74, 6) is -0.156. The van der Waals surface area contributed by atoms with Crippen LogP contribution in [-0.4, -0.2) is 36.7 Å². The Bertz CT molecular complexity index is 1240. The Morgan fingerprint density at radius 3 is 2.41 bits per heavy atom. The van der Waals surface area contributed by atoms with Crippen molar-refractivity contribution in [3.8, 4) is 0 Å². The first-order chi connectivity index (χ1) is 16.3. The average Bonchev–Trinajstić information content (AvgIpc) is 2.86. The van der Waals surface area contributed by atoms with E-state index in [1.807, 2.05) is 62.4 Å². The zero-order chi connectivity index (χ0) is 24.1. The third-order valence-corrected chi connectivity index (χ3v) is 8.98. The minimum Gasteiger partial charge on any atom is -0.325 e. The van der Waals surface area contributed by atoms with Gasteiger partial charge in [0.2, 0.25) is 15.9 Å². The van der Waals surface area contributed by atoms with Gasteiger partial charge in [-0.25, -0.2) is 13.4 Å². The molecule has 0 radical (unpaired) electrons. The number of thioether (sulfide) groups is 1. The van der Waals surface area contributed by atoms with Crippen LogP contribution in [0.3, 0.4) is 0 Å². The monoisotopic (exact) mass is 495 g/mol. The summed E-state index contributed by atoms with van der Waals surface area (Å²) in [6.45, 7) is 5.05. The van der Waals surface area contributed by atoms with Crippen molar-refractivity contribution in [2.24, 2.45) is 0 Å². The molecule has 1 saturated heterocycles. The van der Waals surface area contributed by atoms with E-state index in [1.165, 1.54) is 22.3 Å². The van der Waals surface area contributed by atoms with Gasteiger partial charge in [0.1, 0.15) is 10.1 Å². The highest BCUT2D eigenvalue weighted by molar-refractivity contribution is 8.00. The molecule has 3 aromatic rings. The van der Waals surface area contributed by atoms with Crippen molar-refractivity contribution in [1.29, 1.82) is 0 Å². The Balaban J connectivity index is 1.56. The van der Waals surface area contributed by atoms with E-state index in [4.69, 9.17) is 0 Å². The lowest BCUT2D eigenvalue weighted by Gasteiger charge is -2.25. The van der Waals surface area contributed by atoms with E-state index in [0.717, 1.165) is 41.6 Å². The van der Waals surface area contributed by atoms with Crippen molar-refractivity contribution in [2.45, 2.75) is 48.3 Å². The molecule has 178 valence electrons. The number of nitrogens with zero attached hydrogens (tertiary/aromatic N) is 2. The molecule has 1 fully saturated rings. The van der Waals surface area contributed by atoms with E-state index in [1.54, 1.807) is 12.1 Å². The number of carbonyl (C=O) groups excluding carboxylic acids is 1. The largest absolute Gasteiger partial charge is 0.325 e. The van der Waals surface area contributed by atoms with Gasteiger partial charge >= 0.3 is 0 Å². The molecule has 1 unspecified atom stereocenters. The fourth-order valence-corrected chi connectivity index (χ4v) is 6.36. The van der Waals surface area contributed by atoms with Gasteiger partial charge in [-0.3, -0.25) is 4.79 Å².